The molecule has 96 valence electrons. The van der Waals surface area contributed by atoms with Crippen LogP contribution in [0.15, 0.2) is 30.5 Å². The minimum atomic E-state index is 0.488. The first-order valence-electron chi connectivity index (χ1n) is 5.50. The summed E-state index contributed by atoms with van der Waals surface area (Å²) in [4.78, 5) is 4.28. The molecule has 0 atom stereocenters. The van der Waals surface area contributed by atoms with E-state index in [4.69, 9.17) is 34.8 Å². The van der Waals surface area contributed by atoms with E-state index in [0.717, 1.165) is 16.5 Å². The maximum atomic E-state index is 6.20. The molecule has 3 rings (SSSR count). The smallest absolute Gasteiger partial charge is 0.134 e. The molecule has 0 aliphatic heterocycles. The summed E-state index contributed by atoms with van der Waals surface area (Å²) < 4.78 is 1.62. The number of fused-ring (bicyclic) bond motifs is 1. The third-order valence-electron chi connectivity index (χ3n) is 2.86. The maximum Gasteiger partial charge on any atom is 0.134 e. The Balaban J connectivity index is 2.33. The van der Waals surface area contributed by atoms with Crippen LogP contribution in [0.25, 0.3) is 22.2 Å². The third kappa shape index (κ3) is 2.08. The van der Waals surface area contributed by atoms with Gasteiger partial charge in [0.15, 0.2) is 0 Å². The molecule has 0 spiro atoms. The van der Waals surface area contributed by atoms with E-state index in [2.05, 4.69) is 10.1 Å². The van der Waals surface area contributed by atoms with Crippen molar-refractivity contribution in [2.24, 2.45) is 7.05 Å². The molecule has 2 aromatic heterocycles. The predicted octanol–water partition coefficient (Wildman–Crippen LogP) is 4.60. The molecule has 3 nitrogen and oxygen atoms in total. The molecule has 0 radical (unpaired) electrons. The molecular weight excluding hydrogens is 305 g/mol. The first-order chi connectivity index (χ1) is 9.08. The number of hydrogen-bond acceptors (Lipinski definition) is 2. The average Bonchev–Trinajstić information content (AvgIpc) is 2.66. The zero-order valence-corrected chi connectivity index (χ0v) is 12.1. The molecular formula is C13H8Cl3N3. The van der Waals surface area contributed by atoms with Crippen molar-refractivity contribution in [3.63, 3.8) is 0 Å². The Labute approximate surface area is 124 Å². The van der Waals surface area contributed by atoms with Crippen LogP contribution in [0, 0.1) is 0 Å². The largest absolute Gasteiger partial charge is 0.256 e. The van der Waals surface area contributed by atoms with E-state index in [1.54, 1.807) is 24.0 Å². The lowest BCUT2D eigenvalue weighted by molar-refractivity contribution is 0.781. The van der Waals surface area contributed by atoms with Gasteiger partial charge in [0, 0.05) is 24.2 Å². The van der Waals surface area contributed by atoms with Gasteiger partial charge in [-0.15, -0.1) is 0 Å². The van der Waals surface area contributed by atoms with Crippen molar-refractivity contribution in [3.8, 4) is 11.3 Å². The van der Waals surface area contributed by atoms with Gasteiger partial charge in [-0.2, -0.15) is 5.10 Å². The van der Waals surface area contributed by atoms with Crippen LogP contribution < -0.4 is 0 Å². The Bertz CT molecular complexity index is 780. The van der Waals surface area contributed by atoms with Crippen molar-refractivity contribution in [3.05, 3.63) is 45.7 Å². The highest BCUT2D eigenvalue weighted by Gasteiger charge is 2.14. The van der Waals surface area contributed by atoms with Crippen LogP contribution in [0.3, 0.4) is 0 Å². The Morgan fingerprint density at radius 2 is 1.95 bits per heavy atom. The van der Waals surface area contributed by atoms with Gasteiger partial charge in [0.1, 0.15) is 10.7 Å². The Kier molecular flexibility index (Phi) is 3.13. The van der Waals surface area contributed by atoms with Crippen molar-refractivity contribution in [2.45, 2.75) is 0 Å². The molecule has 0 bridgehead atoms. The summed E-state index contributed by atoms with van der Waals surface area (Å²) >= 11 is 18.3. The summed E-state index contributed by atoms with van der Waals surface area (Å²) in [7, 11) is 1.79. The highest BCUT2D eigenvalue weighted by atomic mass is 35.5. The van der Waals surface area contributed by atoms with Gasteiger partial charge in [-0.25, -0.2) is 0 Å². The molecule has 0 amide bonds. The van der Waals surface area contributed by atoms with Crippen LogP contribution in [0.4, 0.5) is 0 Å². The second kappa shape index (κ2) is 4.67. The van der Waals surface area contributed by atoms with E-state index >= 15 is 0 Å². The van der Waals surface area contributed by atoms with Crippen molar-refractivity contribution in [2.75, 3.05) is 0 Å². The molecule has 0 fully saturated rings. The number of aryl methyl sites for hydroxylation is 1. The van der Waals surface area contributed by atoms with Gasteiger partial charge < -0.3 is 0 Å². The molecule has 0 aliphatic carbocycles. The molecule has 19 heavy (non-hydrogen) atoms. The van der Waals surface area contributed by atoms with Crippen LogP contribution in [0.1, 0.15) is 0 Å². The second-order valence-electron chi connectivity index (χ2n) is 4.10. The van der Waals surface area contributed by atoms with Crippen LogP contribution in [0.5, 0.6) is 0 Å². The first-order valence-corrected chi connectivity index (χ1v) is 6.64. The van der Waals surface area contributed by atoms with E-state index in [0.29, 0.717) is 20.9 Å². The number of pyridine rings is 1. The number of nitrogens with zero attached hydrogens (tertiary/aromatic N) is 3. The maximum absolute atomic E-state index is 6.20. The monoisotopic (exact) mass is 311 g/mol. The average molecular weight is 313 g/mol. The normalized spacial score (nSPS) is 11.2. The second-order valence-corrected chi connectivity index (χ2v) is 5.30. The lowest BCUT2D eigenvalue weighted by Gasteiger charge is -2.04. The third-order valence-corrected chi connectivity index (χ3v) is 3.80. The minimum Gasteiger partial charge on any atom is -0.256 e. The molecule has 0 saturated heterocycles. The number of rotatable bonds is 1. The standard InChI is InChI=1S/C13H8Cl3N3/c1-19-13(16)9-4-2-3-8(11(9)18-19)12-10(15)5-7(14)6-17-12/h2-6H,1H3. The number of hydrogen-bond donors (Lipinski definition) is 0. The minimum absolute atomic E-state index is 0.488. The van der Waals surface area contributed by atoms with E-state index < -0.39 is 0 Å². The zero-order valence-electron chi connectivity index (χ0n) is 9.86. The topological polar surface area (TPSA) is 30.7 Å². The molecule has 0 N–H and O–H groups in total. The summed E-state index contributed by atoms with van der Waals surface area (Å²) in [5.41, 5.74) is 2.25. The fourth-order valence-electron chi connectivity index (χ4n) is 1.99. The molecule has 0 unspecified atom stereocenters. The van der Waals surface area contributed by atoms with E-state index in [-0.39, 0.29) is 0 Å². The number of aromatic nitrogens is 3. The van der Waals surface area contributed by atoms with Gasteiger partial charge in [-0.05, 0) is 12.1 Å². The van der Waals surface area contributed by atoms with Crippen molar-refractivity contribution < 1.29 is 0 Å². The van der Waals surface area contributed by atoms with Gasteiger partial charge in [-0.1, -0.05) is 46.9 Å². The van der Waals surface area contributed by atoms with Crippen LogP contribution in [0.2, 0.25) is 15.2 Å². The SMILES string of the molecule is Cn1nc2c(-c3ncc(Cl)cc3Cl)cccc2c1Cl. The fraction of sp³-hybridized carbons (Fsp3) is 0.0769. The molecule has 6 heteroatoms. The van der Waals surface area contributed by atoms with Crippen LogP contribution in [-0.4, -0.2) is 14.8 Å². The summed E-state index contributed by atoms with van der Waals surface area (Å²) in [5.74, 6) is 0. The van der Waals surface area contributed by atoms with Crippen molar-refractivity contribution >= 4 is 45.7 Å². The lowest BCUT2D eigenvalue weighted by atomic mass is 10.1. The van der Waals surface area contributed by atoms with Crippen LogP contribution >= 0.6 is 34.8 Å². The van der Waals surface area contributed by atoms with E-state index in [1.807, 2.05) is 18.2 Å². The highest BCUT2D eigenvalue weighted by Crippen LogP contribution is 2.34. The summed E-state index contributed by atoms with van der Waals surface area (Å²) in [6.45, 7) is 0. The summed E-state index contributed by atoms with van der Waals surface area (Å²) in [6, 6.07) is 7.39. The van der Waals surface area contributed by atoms with Gasteiger partial charge in [0.2, 0.25) is 0 Å². The predicted molar refractivity (Wildman–Crippen MR) is 79.0 cm³/mol. The number of benzene rings is 1. The fourth-order valence-corrected chi connectivity index (χ4v) is 2.66. The van der Waals surface area contributed by atoms with Crippen molar-refractivity contribution in [1.29, 1.82) is 0 Å². The highest BCUT2D eigenvalue weighted by molar-refractivity contribution is 6.37. The van der Waals surface area contributed by atoms with E-state index in [1.165, 1.54) is 0 Å². The molecule has 1 aromatic carbocycles. The van der Waals surface area contributed by atoms with E-state index in [9.17, 15) is 0 Å². The molecule has 0 aliphatic rings. The molecule has 2 heterocycles. The Morgan fingerprint density at radius 1 is 1.16 bits per heavy atom. The lowest BCUT2D eigenvalue weighted by Crippen LogP contribution is -1.90. The molecule has 0 saturated carbocycles. The zero-order chi connectivity index (χ0) is 13.6. The summed E-state index contributed by atoms with van der Waals surface area (Å²) in [6.07, 6.45) is 1.56. The Hall–Kier alpha value is -1.29. The van der Waals surface area contributed by atoms with Gasteiger partial charge in [0.25, 0.3) is 0 Å². The summed E-state index contributed by atoms with van der Waals surface area (Å²) in [5, 5.41) is 6.85. The number of halogens is 3. The first kappa shape index (κ1) is 12.7. The van der Waals surface area contributed by atoms with Gasteiger partial charge in [0.05, 0.1) is 15.7 Å². The van der Waals surface area contributed by atoms with Crippen molar-refractivity contribution in [1.82, 2.24) is 14.8 Å². The van der Waals surface area contributed by atoms with Gasteiger partial charge >= 0.3 is 0 Å². The Morgan fingerprint density at radius 3 is 2.68 bits per heavy atom. The molecule has 3 aromatic rings. The quantitative estimate of drug-likeness (QED) is 0.657. The van der Waals surface area contributed by atoms with Crippen LogP contribution in [-0.2, 0) is 7.05 Å². The van der Waals surface area contributed by atoms with Gasteiger partial charge in [-0.3, -0.25) is 9.67 Å².